The highest BCUT2D eigenvalue weighted by atomic mass is 19.1. The number of hydrogen-bond donors (Lipinski definition) is 0. The van der Waals surface area contributed by atoms with Gasteiger partial charge in [-0.3, -0.25) is 4.79 Å². The minimum absolute atomic E-state index is 0.0995. The Bertz CT molecular complexity index is 1280. The normalized spacial score (nSPS) is 19.8. The summed E-state index contributed by atoms with van der Waals surface area (Å²) in [7, 11) is 0. The Morgan fingerprint density at radius 3 is 2.58 bits per heavy atom. The molecule has 9 nitrogen and oxygen atoms in total. The molecule has 0 bridgehead atoms. The highest BCUT2D eigenvalue weighted by Gasteiger charge is 2.38. The largest absolute Gasteiger partial charge is 0.489 e. The lowest BCUT2D eigenvalue weighted by Gasteiger charge is -2.42. The van der Waals surface area contributed by atoms with Gasteiger partial charge in [0.2, 0.25) is 5.43 Å². The van der Waals surface area contributed by atoms with Crippen LogP contribution in [0.2, 0.25) is 0 Å². The van der Waals surface area contributed by atoms with Crippen LogP contribution in [0, 0.1) is 5.82 Å². The van der Waals surface area contributed by atoms with E-state index in [1.54, 1.807) is 11.8 Å². The van der Waals surface area contributed by atoms with E-state index in [0.29, 0.717) is 49.6 Å². The number of halogens is 1. The lowest BCUT2D eigenvalue weighted by atomic mass is 10.0. The number of aromatic nitrogens is 1. The van der Waals surface area contributed by atoms with Crippen molar-refractivity contribution in [3.05, 3.63) is 33.9 Å². The molecular formula is C26H32FN3O6. The molecule has 3 heterocycles. The molecule has 194 valence electrons. The van der Waals surface area contributed by atoms with Crippen molar-refractivity contribution >= 4 is 28.7 Å². The quantitative estimate of drug-likeness (QED) is 0.590. The molecule has 1 saturated heterocycles. The molecule has 2 fully saturated rings. The number of ether oxygens (including phenoxy) is 3. The van der Waals surface area contributed by atoms with Gasteiger partial charge in [0, 0.05) is 38.3 Å². The number of benzene rings is 1. The fourth-order valence-electron chi connectivity index (χ4n) is 5.03. The van der Waals surface area contributed by atoms with E-state index in [0.717, 1.165) is 12.8 Å². The van der Waals surface area contributed by atoms with Gasteiger partial charge >= 0.3 is 12.1 Å². The number of anilines is 1. The Labute approximate surface area is 208 Å². The van der Waals surface area contributed by atoms with Crippen LogP contribution in [-0.2, 0) is 9.47 Å². The number of hydrogen-bond acceptors (Lipinski definition) is 7. The lowest BCUT2D eigenvalue weighted by molar-refractivity contribution is 0.0210. The third-order valence-electron chi connectivity index (χ3n) is 6.75. The first-order valence-electron chi connectivity index (χ1n) is 12.5. The second kappa shape index (κ2) is 8.97. The van der Waals surface area contributed by atoms with Crippen LogP contribution >= 0.6 is 0 Å². The van der Waals surface area contributed by atoms with Crippen LogP contribution < -0.4 is 15.1 Å². The number of pyridine rings is 1. The van der Waals surface area contributed by atoms with Gasteiger partial charge in [0.25, 0.3) is 0 Å². The van der Waals surface area contributed by atoms with E-state index in [1.165, 1.54) is 12.3 Å². The molecule has 2 aromatic rings. The van der Waals surface area contributed by atoms with Gasteiger partial charge in [-0.05, 0) is 46.6 Å². The molecule has 1 amide bonds. The summed E-state index contributed by atoms with van der Waals surface area (Å²) in [6.07, 6.45) is 3.50. The van der Waals surface area contributed by atoms with Crippen LogP contribution in [0.15, 0.2) is 17.1 Å². The van der Waals surface area contributed by atoms with Crippen LogP contribution in [0.3, 0.4) is 0 Å². The van der Waals surface area contributed by atoms with Crippen molar-refractivity contribution < 1.29 is 28.2 Å². The summed E-state index contributed by atoms with van der Waals surface area (Å²) in [5.41, 5.74) is -0.476. The number of rotatable bonds is 3. The molecule has 3 aliphatic rings. The summed E-state index contributed by atoms with van der Waals surface area (Å²) in [5, 5.41) is 0.106. The molecule has 36 heavy (non-hydrogen) atoms. The third-order valence-corrected chi connectivity index (χ3v) is 6.75. The van der Waals surface area contributed by atoms with Crippen LogP contribution in [0.25, 0.3) is 10.9 Å². The Balaban J connectivity index is 1.58. The Morgan fingerprint density at radius 2 is 1.92 bits per heavy atom. The van der Waals surface area contributed by atoms with Gasteiger partial charge < -0.3 is 28.6 Å². The SMILES string of the molecule is CCOC(=O)c1cn(C2CC2)c2c3c(c(F)cc2c1=O)N1CCN(C(=O)OC(C)(C)C)CC1CCO3. The third kappa shape index (κ3) is 4.37. The molecule has 0 N–H and O–H groups in total. The number of esters is 1. The maximum Gasteiger partial charge on any atom is 0.410 e. The number of carbonyl (C=O) groups excluding carboxylic acids is 2. The summed E-state index contributed by atoms with van der Waals surface area (Å²) >= 11 is 0. The molecule has 2 aliphatic heterocycles. The van der Waals surface area contributed by atoms with E-state index < -0.39 is 22.8 Å². The fourth-order valence-corrected chi connectivity index (χ4v) is 5.03. The molecule has 1 aromatic heterocycles. The van der Waals surface area contributed by atoms with Crippen LogP contribution in [0.5, 0.6) is 5.75 Å². The molecule has 5 rings (SSSR count). The zero-order valence-electron chi connectivity index (χ0n) is 21.1. The molecule has 1 unspecified atom stereocenters. The summed E-state index contributed by atoms with van der Waals surface area (Å²) in [6, 6.07) is 1.14. The molecule has 1 aromatic carbocycles. The smallest absolute Gasteiger partial charge is 0.410 e. The van der Waals surface area contributed by atoms with Crippen LogP contribution in [0.1, 0.15) is 63.4 Å². The molecule has 10 heteroatoms. The number of carbonyl (C=O) groups is 2. The van der Waals surface area contributed by atoms with Crippen molar-refractivity contribution in [3.8, 4) is 5.75 Å². The predicted octanol–water partition coefficient (Wildman–Crippen LogP) is 3.86. The Hall–Kier alpha value is -3.30. The zero-order valence-corrected chi connectivity index (χ0v) is 21.1. The molecule has 1 saturated carbocycles. The summed E-state index contributed by atoms with van der Waals surface area (Å²) in [4.78, 5) is 42.0. The monoisotopic (exact) mass is 501 g/mol. The van der Waals surface area contributed by atoms with Crippen molar-refractivity contribution in [2.75, 3.05) is 37.7 Å². The van der Waals surface area contributed by atoms with Crippen molar-refractivity contribution in [1.29, 1.82) is 0 Å². The second-order valence-corrected chi connectivity index (χ2v) is 10.6. The Kier molecular flexibility index (Phi) is 6.08. The minimum atomic E-state index is -0.714. The standard InChI is InChI=1S/C26H32FN3O6/c1-5-34-24(32)18-14-30(15-6-7-15)20-17(22(18)31)12-19(27)21-23(20)35-11-8-16-13-28(9-10-29(16)21)25(33)36-26(2,3)4/h12,14-16H,5-11,13H2,1-4H3. The second-order valence-electron chi connectivity index (χ2n) is 10.6. The predicted molar refractivity (Wildman–Crippen MR) is 131 cm³/mol. The van der Waals surface area contributed by atoms with Crippen molar-refractivity contribution in [2.24, 2.45) is 0 Å². The summed E-state index contributed by atoms with van der Waals surface area (Å²) in [6.45, 7) is 8.73. The number of fused-ring (bicyclic) bond motifs is 5. The van der Waals surface area contributed by atoms with Crippen molar-refractivity contribution in [1.82, 2.24) is 9.47 Å². The molecule has 0 radical (unpaired) electrons. The summed E-state index contributed by atoms with van der Waals surface area (Å²) in [5.74, 6) is -0.985. The zero-order chi connectivity index (χ0) is 25.8. The van der Waals surface area contributed by atoms with E-state index in [2.05, 4.69) is 0 Å². The van der Waals surface area contributed by atoms with E-state index in [4.69, 9.17) is 14.2 Å². The van der Waals surface area contributed by atoms with Gasteiger partial charge in [0.15, 0.2) is 11.6 Å². The number of amides is 1. The lowest BCUT2D eigenvalue weighted by Crippen LogP contribution is -2.55. The first-order chi connectivity index (χ1) is 17.1. The molecule has 1 aliphatic carbocycles. The number of nitrogens with zero attached hydrogens (tertiary/aromatic N) is 3. The van der Waals surface area contributed by atoms with Crippen molar-refractivity contribution in [2.45, 2.75) is 64.6 Å². The van der Waals surface area contributed by atoms with E-state index in [1.807, 2.05) is 30.2 Å². The average molecular weight is 502 g/mol. The molecule has 0 spiro atoms. The minimum Gasteiger partial charge on any atom is -0.489 e. The molecule has 1 atom stereocenters. The highest BCUT2D eigenvalue weighted by Crippen LogP contribution is 2.45. The molecular weight excluding hydrogens is 469 g/mol. The number of piperazine rings is 1. The van der Waals surface area contributed by atoms with Crippen LogP contribution in [0.4, 0.5) is 14.9 Å². The van der Waals surface area contributed by atoms with E-state index >= 15 is 4.39 Å². The van der Waals surface area contributed by atoms with Gasteiger partial charge in [0.05, 0.1) is 30.2 Å². The van der Waals surface area contributed by atoms with Gasteiger partial charge in [-0.15, -0.1) is 0 Å². The van der Waals surface area contributed by atoms with E-state index in [9.17, 15) is 14.4 Å². The van der Waals surface area contributed by atoms with Gasteiger partial charge in [-0.25, -0.2) is 14.0 Å². The maximum absolute atomic E-state index is 15.7. The fraction of sp³-hybridized carbons (Fsp3) is 0.577. The topological polar surface area (TPSA) is 90.3 Å². The maximum atomic E-state index is 15.7. The van der Waals surface area contributed by atoms with Crippen LogP contribution in [-0.4, -0.2) is 66.0 Å². The van der Waals surface area contributed by atoms with Gasteiger partial charge in [-0.2, -0.15) is 0 Å². The van der Waals surface area contributed by atoms with E-state index in [-0.39, 0.29) is 35.7 Å². The average Bonchev–Trinajstić information content (AvgIpc) is 3.65. The Morgan fingerprint density at radius 1 is 1.17 bits per heavy atom. The van der Waals surface area contributed by atoms with Gasteiger partial charge in [-0.1, -0.05) is 0 Å². The highest BCUT2D eigenvalue weighted by molar-refractivity contribution is 5.98. The summed E-state index contributed by atoms with van der Waals surface area (Å²) < 4.78 is 34.4. The first-order valence-corrected chi connectivity index (χ1v) is 12.5. The van der Waals surface area contributed by atoms with Crippen molar-refractivity contribution in [3.63, 3.8) is 0 Å². The first kappa shape index (κ1) is 24.4. The van der Waals surface area contributed by atoms with Gasteiger partial charge in [0.1, 0.15) is 16.9 Å².